The van der Waals surface area contributed by atoms with E-state index in [2.05, 4.69) is 10.6 Å². The van der Waals surface area contributed by atoms with Crippen LogP contribution in [0.15, 0.2) is 0 Å². The molecule has 0 aromatic heterocycles. The van der Waals surface area contributed by atoms with Crippen molar-refractivity contribution in [1.29, 1.82) is 0 Å². The first kappa shape index (κ1) is 15.2. The van der Waals surface area contributed by atoms with Crippen LogP contribution in [0, 0.1) is 0 Å². The van der Waals surface area contributed by atoms with Gasteiger partial charge in [0.05, 0.1) is 6.04 Å². The number of carbonyl (C=O) groups is 2. The fourth-order valence-electron chi connectivity index (χ4n) is 2.53. The average Bonchev–Trinajstić information content (AvgIpc) is 2.90. The van der Waals surface area contributed by atoms with Crippen molar-refractivity contribution in [3.63, 3.8) is 0 Å². The number of carbonyl (C=O) groups excluding carboxylic acids is 2. The normalized spacial score (nSPS) is 24.8. The maximum atomic E-state index is 11.8. The predicted molar refractivity (Wildman–Crippen MR) is 71.7 cm³/mol. The summed E-state index contributed by atoms with van der Waals surface area (Å²) in [7, 11) is 0. The van der Waals surface area contributed by atoms with Gasteiger partial charge in [-0.3, -0.25) is 9.59 Å². The van der Waals surface area contributed by atoms with Crippen LogP contribution in [0.1, 0.15) is 32.6 Å². The molecule has 2 N–H and O–H groups in total. The molecule has 2 saturated heterocycles. The average molecular weight is 276 g/mol. The van der Waals surface area contributed by atoms with E-state index in [0.29, 0.717) is 13.0 Å². The molecular formula is C12H22ClN3O2. The highest BCUT2D eigenvalue weighted by Crippen LogP contribution is 2.10. The highest BCUT2D eigenvalue weighted by molar-refractivity contribution is 5.85. The Morgan fingerprint density at radius 1 is 1.56 bits per heavy atom. The zero-order valence-electron chi connectivity index (χ0n) is 10.8. The number of amides is 2. The molecule has 0 aromatic rings. The Morgan fingerprint density at radius 3 is 2.89 bits per heavy atom. The molecule has 0 spiro atoms. The predicted octanol–water partition coefficient (Wildman–Crippen LogP) is 0.287. The molecule has 2 amide bonds. The Kier molecular flexibility index (Phi) is 5.88. The Balaban J connectivity index is 0.00000162. The second-order valence-electron chi connectivity index (χ2n) is 5.00. The van der Waals surface area contributed by atoms with E-state index in [4.69, 9.17) is 0 Å². The third-order valence-electron chi connectivity index (χ3n) is 3.43. The lowest BCUT2D eigenvalue weighted by molar-refractivity contribution is -0.129. The molecule has 5 nitrogen and oxygen atoms in total. The van der Waals surface area contributed by atoms with Crippen molar-refractivity contribution >= 4 is 24.2 Å². The van der Waals surface area contributed by atoms with Crippen molar-refractivity contribution in [2.24, 2.45) is 0 Å². The van der Waals surface area contributed by atoms with Gasteiger partial charge in [0.25, 0.3) is 0 Å². The van der Waals surface area contributed by atoms with Gasteiger partial charge in [-0.05, 0) is 32.7 Å². The quantitative estimate of drug-likeness (QED) is 0.775. The van der Waals surface area contributed by atoms with E-state index in [1.54, 1.807) is 0 Å². The molecule has 2 atom stereocenters. The van der Waals surface area contributed by atoms with Gasteiger partial charge in [0.2, 0.25) is 11.8 Å². The van der Waals surface area contributed by atoms with Crippen molar-refractivity contribution in [2.45, 2.75) is 44.7 Å². The third-order valence-corrected chi connectivity index (χ3v) is 3.43. The minimum absolute atomic E-state index is 0. The van der Waals surface area contributed by atoms with Crippen molar-refractivity contribution in [2.75, 3.05) is 19.6 Å². The summed E-state index contributed by atoms with van der Waals surface area (Å²) >= 11 is 0. The minimum atomic E-state index is -0.0354. The Labute approximate surface area is 114 Å². The van der Waals surface area contributed by atoms with Crippen LogP contribution in [0.25, 0.3) is 0 Å². The van der Waals surface area contributed by atoms with Crippen LogP contribution >= 0.6 is 12.4 Å². The molecule has 2 rings (SSSR count). The van der Waals surface area contributed by atoms with Gasteiger partial charge < -0.3 is 15.5 Å². The maximum Gasteiger partial charge on any atom is 0.237 e. The molecule has 0 bridgehead atoms. The summed E-state index contributed by atoms with van der Waals surface area (Å²) in [4.78, 5) is 25.1. The number of rotatable bonds is 4. The van der Waals surface area contributed by atoms with E-state index >= 15 is 0 Å². The number of hydrogen-bond acceptors (Lipinski definition) is 3. The first-order valence-electron chi connectivity index (χ1n) is 6.48. The number of halogens is 1. The van der Waals surface area contributed by atoms with E-state index in [1.165, 1.54) is 0 Å². The number of likely N-dealkylation sites (tertiary alicyclic amines) is 1. The molecule has 0 aromatic carbocycles. The molecule has 2 heterocycles. The second kappa shape index (κ2) is 6.95. The fraction of sp³-hybridized carbons (Fsp3) is 0.833. The smallest absolute Gasteiger partial charge is 0.237 e. The molecule has 0 radical (unpaired) electrons. The monoisotopic (exact) mass is 275 g/mol. The molecule has 2 unspecified atom stereocenters. The lowest BCUT2D eigenvalue weighted by Crippen LogP contribution is -2.48. The topological polar surface area (TPSA) is 61.4 Å². The summed E-state index contributed by atoms with van der Waals surface area (Å²) < 4.78 is 0. The van der Waals surface area contributed by atoms with Crippen LogP contribution in [-0.4, -0.2) is 48.4 Å². The van der Waals surface area contributed by atoms with E-state index in [-0.39, 0.29) is 36.3 Å². The first-order chi connectivity index (χ1) is 8.16. The van der Waals surface area contributed by atoms with Gasteiger partial charge in [-0.25, -0.2) is 0 Å². The highest BCUT2D eigenvalue weighted by atomic mass is 35.5. The molecule has 104 valence electrons. The van der Waals surface area contributed by atoms with Crippen LogP contribution in [0.5, 0.6) is 0 Å². The van der Waals surface area contributed by atoms with Gasteiger partial charge in [0, 0.05) is 25.6 Å². The number of nitrogens with zero attached hydrogens (tertiary/aromatic N) is 1. The summed E-state index contributed by atoms with van der Waals surface area (Å²) in [5.74, 6) is 0.284. The Hall–Kier alpha value is -0.810. The molecule has 6 heteroatoms. The lowest BCUT2D eigenvalue weighted by atomic mass is 10.2. The molecule has 2 aliphatic heterocycles. The van der Waals surface area contributed by atoms with Gasteiger partial charge in [0.15, 0.2) is 0 Å². The SMILES string of the molecule is CC(CN1CCCC1=O)NC(=O)C1CCCN1.Cl. The Morgan fingerprint density at radius 2 is 2.33 bits per heavy atom. The van der Waals surface area contributed by atoms with Crippen LogP contribution in [0.3, 0.4) is 0 Å². The van der Waals surface area contributed by atoms with Gasteiger partial charge in [0.1, 0.15) is 0 Å². The molecule has 0 aliphatic carbocycles. The summed E-state index contributed by atoms with van der Waals surface area (Å²) in [6.45, 7) is 4.35. The van der Waals surface area contributed by atoms with Crippen LogP contribution < -0.4 is 10.6 Å². The molecule has 2 aliphatic rings. The lowest BCUT2D eigenvalue weighted by Gasteiger charge is -2.23. The minimum Gasteiger partial charge on any atom is -0.351 e. The van der Waals surface area contributed by atoms with Gasteiger partial charge in [-0.1, -0.05) is 0 Å². The number of nitrogens with one attached hydrogen (secondary N) is 2. The van der Waals surface area contributed by atoms with Crippen LogP contribution in [0.4, 0.5) is 0 Å². The second-order valence-corrected chi connectivity index (χ2v) is 5.00. The third kappa shape index (κ3) is 3.85. The van der Waals surface area contributed by atoms with E-state index < -0.39 is 0 Å². The molecule has 0 saturated carbocycles. The first-order valence-corrected chi connectivity index (χ1v) is 6.48. The molecule has 2 fully saturated rings. The van der Waals surface area contributed by atoms with Crippen LogP contribution in [-0.2, 0) is 9.59 Å². The highest BCUT2D eigenvalue weighted by Gasteiger charge is 2.25. The Bertz CT molecular complexity index is 306. The number of hydrogen-bond donors (Lipinski definition) is 2. The van der Waals surface area contributed by atoms with Crippen molar-refractivity contribution in [3.8, 4) is 0 Å². The van der Waals surface area contributed by atoms with Gasteiger partial charge >= 0.3 is 0 Å². The van der Waals surface area contributed by atoms with Gasteiger partial charge in [-0.15, -0.1) is 12.4 Å². The van der Waals surface area contributed by atoms with E-state index in [0.717, 1.165) is 32.4 Å². The molecular weight excluding hydrogens is 254 g/mol. The van der Waals surface area contributed by atoms with Crippen LogP contribution in [0.2, 0.25) is 0 Å². The van der Waals surface area contributed by atoms with Gasteiger partial charge in [-0.2, -0.15) is 0 Å². The zero-order chi connectivity index (χ0) is 12.3. The summed E-state index contributed by atoms with van der Waals surface area (Å²) in [6.07, 6.45) is 3.59. The largest absolute Gasteiger partial charge is 0.351 e. The maximum absolute atomic E-state index is 11.8. The van der Waals surface area contributed by atoms with Crippen molar-refractivity contribution < 1.29 is 9.59 Å². The fourth-order valence-corrected chi connectivity index (χ4v) is 2.53. The summed E-state index contributed by atoms with van der Waals surface area (Å²) in [5.41, 5.74) is 0. The van der Waals surface area contributed by atoms with Crippen molar-refractivity contribution in [1.82, 2.24) is 15.5 Å². The van der Waals surface area contributed by atoms with Crippen molar-refractivity contribution in [3.05, 3.63) is 0 Å². The van der Waals surface area contributed by atoms with E-state index in [1.807, 2.05) is 11.8 Å². The van der Waals surface area contributed by atoms with E-state index in [9.17, 15) is 9.59 Å². The standard InChI is InChI=1S/C12H21N3O2.ClH/c1-9(8-15-7-3-5-11(15)16)14-12(17)10-4-2-6-13-10;/h9-10,13H,2-8H2,1H3,(H,14,17);1H. The summed E-state index contributed by atoms with van der Waals surface area (Å²) in [5, 5.41) is 6.15. The summed E-state index contributed by atoms with van der Waals surface area (Å²) in [6, 6.07) is -0.00122. The molecule has 18 heavy (non-hydrogen) atoms. The zero-order valence-corrected chi connectivity index (χ0v) is 11.6.